The van der Waals surface area contributed by atoms with E-state index in [1.807, 2.05) is 31.2 Å². The lowest BCUT2D eigenvalue weighted by molar-refractivity contribution is -0.127. The van der Waals surface area contributed by atoms with Crippen LogP contribution in [0.25, 0.3) is 0 Å². The highest BCUT2D eigenvalue weighted by Gasteiger charge is 2.27. The number of ether oxygens (including phenoxy) is 1. The van der Waals surface area contributed by atoms with Crippen LogP contribution in [0.4, 0.5) is 0 Å². The van der Waals surface area contributed by atoms with Crippen molar-refractivity contribution in [1.29, 1.82) is 0 Å². The quantitative estimate of drug-likeness (QED) is 0.805. The second kappa shape index (κ2) is 8.36. The molecule has 0 aromatic heterocycles. The van der Waals surface area contributed by atoms with E-state index in [-0.39, 0.29) is 11.9 Å². The molecule has 1 aliphatic heterocycles. The highest BCUT2D eigenvalue weighted by molar-refractivity contribution is 9.10. The first kappa shape index (κ1) is 16.3. The van der Waals surface area contributed by atoms with E-state index in [1.54, 1.807) is 0 Å². The molecule has 0 radical (unpaired) electrons. The molecule has 0 aliphatic carbocycles. The fourth-order valence-corrected chi connectivity index (χ4v) is 2.64. The van der Waals surface area contributed by atoms with Gasteiger partial charge in [-0.3, -0.25) is 9.69 Å². The average Bonchev–Trinajstić information content (AvgIpc) is 2.50. The Labute approximate surface area is 134 Å². The summed E-state index contributed by atoms with van der Waals surface area (Å²) in [6.07, 6.45) is 0. The van der Waals surface area contributed by atoms with Crippen molar-refractivity contribution in [3.63, 3.8) is 0 Å². The van der Waals surface area contributed by atoms with Gasteiger partial charge in [-0.15, -0.1) is 0 Å². The van der Waals surface area contributed by atoms with Gasteiger partial charge in [0.2, 0.25) is 5.91 Å². The van der Waals surface area contributed by atoms with Crippen LogP contribution in [0.15, 0.2) is 28.7 Å². The highest BCUT2D eigenvalue weighted by atomic mass is 79.9. The maximum atomic E-state index is 12.0. The van der Waals surface area contributed by atoms with Gasteiger partial charge in [-0.1, -0.05) is 15.9 Å². The van der Waals surface area contributed by atoms with Crippen molar-refractivity contribution >= 4 is 21.8 Å². The number of rotatable bonds is 6. The van der Waals surface area contributed by atoms with Gasteiger partial charge in [0.05, 0.1) is 0 Å². The molecular formula is C15H22BrN3O2. The smallest absolute Gasteiger partial charge is 0.238 e. The summed E-state index contributed by atoms with van der Waals surface area (Å²) < 4.78 is 6.77. The molecule has 1 atom stereocenters. The molecule has 1 aliphatic rings. The van der Waals surface area contributed by atoms with E-state index >= 15 is 0 Å². The molecule has 1 heterocycles. The SMILES string of the molecule is CCNC(=O)C1CNCCN1CCOc1ccc(Br)cc1. The summed E-state index contributed by atoms with van der Waals surface area (Å²) >= 11 is 3.40. The van der Waals surface area contributed by atoms with Gasteiger partial charge in [0, 0.05) is 37.2 Å². The van der Waals surface area contributed by atoms with Gasteiger partial charge >= 0.3 is 0 Å². The summed E-state index contributed by atoms with van der Waals surface area (Å²) in [5.41, 5.74) is 0. The number of hydrogen-bond acceptors (Lipinski definition) is 4. The number of amides is 1. The molecule has 1 aromatic rings. The third-order valence-corrected chi connectivity index (χ3v) is 4.00. The fourth-order valence-electron chi connectivity index (χ4n) is 2.38. The van der Waals surface area contributed by atoms with Gasteiger partial charge < -0.3 is 15.4 Å². The predicted octanol–water partition coefficient (Wildman–Crippen LogP) is 1.24. The summed E-state index contributed by atoms with van der Waals surface area (Å²) in [6, 6.07) is 7.67. The molecule has 21 heavy (non-hydrogen) atoms. The van der Waals surface area contributed by atoms with Crippen molar-refractivity contribution in [2.24, 2.45) is 0 Å². The van der Waals surface area contributed by atoms with Crippen molar-refractivity contribution in [3.05, 3.63) is 28.7 Å². The Balaban J connectivity index is 1.82. The van der Waals surface area contributed by atoms with Crippen molar-refractivity contribution in [3.8, 4) is 5.75 Å². The number of carbonyl (C=O) groups excluding carboxylic acids is 1. The molecule has 0 saturated carbocycles. The highest BCUT2D eigenvalue weighted by Crippen LogP contribution is 2.16. The van der Waals surface area contributed by atoms with Crippen LogP contribution in [0.5, 0.6) is 5.75 Å². The van der Waals surface area contributed by atoms with Crippen LogP contribution in [-0.2, 0) is 4.79 Å². The maximum absolute atomic E-state index is 12.0. The molecule has 5 nitrogen and oxygen atoms in total. The molecular weight excluding hydrogens is 334 g/mol. The van der Waals surface area contributed by atoms with Crippen molar-refractivity contribution in [1.82, 2.24) is 15.5 Å². The lowest BCUT2D eigenvalue weighted by Crippen LogP contribution is -2.58. The van der Waals surface area contributed by atoms with Crippen LogP contribution >= 0.6 is 15.9 Å². The number of benzene rings is 1. The lowest BCUT2D eigenvalue weighted by Gasteiger charge is -2.34. The molecule has 0 bridgehead atoms. The number of nitrogens with zero attached hydrogens (tertiary/aromatic N) is 1. The van der Waals surface area contributed by atoms with E-state index in [9.17, 15) is 4.79 Å². The molecule has 116 valence electrons. The van der Waals surface area contributed by atoms with E-state index in [1.165, 1.54) is 0 Å². The third-order valence-electron chi connectivity index (χ3n) is 3.47. The van der Waals surface area contributed by atoms with E-state index in [0.29, 0.717) is 19.7 Å². The predicted molar refractivity (Wildman–Crippen MR) is 86.6 cm³/mol. The van der Waals surface area contributed by atoms with Crippen LogP contribution in [0.1, 0.15) is 6.92 Å². The minimum atomic E-state index is -0.104. The maximum Gasteiger partial charge on any atom is 0.238 e. The molecule has 1 fully saturated rings. The second-order valence-corrected chi connectivity index (χ2v) is 5.87. The van der Waals surface area contributed by atoms with Gasteiger partial charge in [-0.05, 0) is 31.2 Å². The van der Waals surface area contributed by atoms with Crippen molar-refractivity contribution < 1.29 is 9.53 Å². The van der Waals surface area contributed by atoms with Crippen LogP contribution in [-0.4, -0.2) is 56.2 Å². The summed E-state index contributed by atoms with van der Waals surface area (Å²) in [5, 5.41) is 6.16. The van der Waals surface area contributed by atoms with Gasteiger partial charge in [-0.2, -0.15) is 0 Å². The van der Waals surface area contributed by atoms with Gasteiger partial charge in [0.25, 0.3) is 0 Å². The Morgan fingerprint density at radius 2 is 2.24 bits per heavy atom. The van der Waals surface area contributed by atoms with Gasteiger partial charge in [0.15, 0.2) is 0 Å². The monoisotopic (exact) mass is 355 g/mol. The summed E-state index contributed by atoms with van der Waals surface area (Å²) in [7, 11) is 0. The van der Waals surface area contributed by atoms with Gasteiger partial charge in [-0.25, -0.2) is 0 Å². The normalized spacial score (nSPS) is 19.2. The van der Waals surface area contributed by atoms with Crippen LogP contribution in [0.3, 0.4) is 0 Å². The Morgan fingerprint density at radius 1 is 1.48 bits per heavy atom. The van der Waals surface area contributed by atoms with E-state index in [0.717, 1.165) is 29.9 Å². The largest absolute Gasteiger partial charge is 0.492 e. The summed E-state index contributed by atoms with van der Waals surface area (Å²) in [6.45, 7) is 6.41. The van der Waals surface area contributed by atoms with E-state index < -0.39 is 0 Å². The topological polar surface area (TPSA) is 53.6 Å². The molecule has 1 unspecified atom stereocenters. The zero-order valence-electron chi connectivity index (χ0n) is 12.3. The van der Waals surface area contributed by atoms with E-state index in [4.69, 9.17) is 4.74 Å². The fraction of sp³-hybridized carbons (Fsp3) is 0.533. The molecule has 1 saturated heterocycles. The number of halogens is 1. The zero-order valence-corrected chi connectivity index (χ0v) is 13.9. The van der Waals surface area contributed by atoms with Crippen LogP contribution < -0.4 is 15.4 Å². The lowest BCUT2D eigenvalue weighted by atomic mass is 10.2. The van der Waals surface area contributed by atoms with Crippen molar-refractivity contribution in [2.45, 2.75) is 13.0 Å². The van der Waals surface area contributed by atoms with Crippen molar-refractivity contribution in [2.75, 3.05) is 39.3 Å². The standard InChI is InChI=1S/C15H22BrN3O2/c1-2-18-15(20)14-11-17-7-8-19(14)9-10-21-13-5-3-12(16)4-6-13/h3-6,14,17H,2,7-11H2,1H3,(H,18,20). The number of likely N-dealkylation sites (N-methyl/N-ethyl adjacent to an activating group) is 1. The molecule has 2 N–H and O–H groups in total. The average molecular weight is 356 g/mol. The molecule has 1 aromatic carbocycles. The molecule has 1 amide bonds. The molecule has 6 heteroatoms. The zero-order chi connectivity index (χ0) is 15.1. The molecule has 2 rings (SSSR count). The minimum absolute atomic E-state index is 0.0911. The Bertz CT molecular complexity index is 453. The number of carbonyl (C=O) groups is 1. The first-order chi connectivity index (χ1) is 10.2. The van der Waals surface area contributed by atoms with Crippen LogP contribution in [0.2, 0.25) is 0 Å². The third kappa shape index (κ3) is 4.98. The Kier molecular flexibility index (Phi) is 6.48. The number of hydrogen-bond donors (Lipinski definition) is 2. The summed E-state index contributed by atoms with van der Waals surface area (Å²) in [4.78, 5) is 14.2. The minimum Gasteiger partial charge on any atom is -0.492 e. The van der Waals surface area contributed by atoms with E-state index in [2.05, 4.69) is 31.5 Å². The van der Waals surface area contributed by atoms with Crippen LogP contribution in [0, 0.1) is 0 Å². The Hall–Kier alpha value is -1.11. The number of piperazine rings is 1. The number of nitrogens with one attached hydrogen (secondary N) is 2. The Morgan fingerprint density at radius 3 is 2.95 bits per heavy atom. The first-order valence-electron chi connectivity index (χ1n) is 7.31. The summed E-state index contributed by atoms with van der Waals surface area (Å²) in [5.74, 6) is 0.941. The molecule has 0 spiro atoms. The second-order valence-electron chi connectivity index (χ2n) is 4.95. The van der Waals surface area contributed by atoms with Gasteiger partial charge in [0.1, 0.15) is 18.4 Å². The first-order valence-corrected chi connectivity index (χ1v) is 8.11.